The largest absolute Gasteiger partial charge is 0.461 e. The van der Waals surface area contributed by atoms with Crippen molar-refractivity contribution in [3.8, 4) is 0 Å². The molecule has 2 rings (SSSR count). The van der Waals surface area contributed by atoms with Crippen molar-refractivity contribution in [2.24, 2.45) is 0 Å². The molecule has 19 heavy (non-hydrogen) atoms. The summed E-state index contributed by atoms with van der Waals surface area (Å²) in [5.74, 6) is -0.235. The Morgan fingerprint density at radius 3 is 2.74 bits per heavy atom. The number of hydrogen-bond donors (Lipinski definition) is 2. The van der Waals surface area contributed by atoms with Crippen molar-refractivity contribution in [2.75, 3.05) is 0 Å². The highest BCUT2D eigenvalue weighted by Gasteiger charge is 2.39. The first kappa shape index (κ1) is 13.8. The van der Waals surface area contributed by atoms with Gasteiger partial charge in [-0.3, -0.25) is 9.59 Å². The van der Waals surface area contributed by atoms with Gasteiger partial charge in [0.25, 0.3) is 5.91 Å². The number of ketones is 1. The zero-order valence-electron chi connectivity index (χ0n) is 11.0. The van der Waals surface area contributed by atoms with E-state index in [9.17, 15) is 14.7 Å². The van der Waals surface area contributed by atoms with Crippen LogP contribution in [0.25, 0.3) is 0 Å². The molecule has 1 aliphatic carbocycles. The molecular weight excluding hydrogens is 246 g/mol. The predicted octanol–water partition coefficient (Wildman–Crippen LogP) is 1.66. The molecule has 0 radical (unpaired) electrons. The molecular formula is C14H19NO4. The summed E-state index contributed by atoms with van der Waals surface area (Å²) in [5.41, 5.74) is -1.25. The average Bonchev–Trinajstić information content (AvgIpc) is 2.99. The maximum atomic E-state index is 11.9. The third kappa shape index (κ3) is 3.23. The van der Waals surface area contributed by atoms with Gasteiger partial charge in [-0.15, -0.1) is 0 Å². The first-order chi connectivity index (χ1) is 9.01. The first-order valence-electron chi connectivity index (χ1n) is 6.61. The molecule has 1 heterocycles. The summed E-state index contributed by atoms with van der Waals surface area (Å²) in [6, 6.07) is 2.92. The van der Waals surface area contributed by atoms with Gasteiger partial charge in [0.05, 0.1) is 6.26 Å². The topological polar surface area (TPSA) is 79.5 Å². The maximum absolute atomic E-state index is 11.9. The lowest BCUT2D eigenvalue weighted by atomic mass is 10.0. The molecule has 1 aromatic heterocycles. The van der Waals surface area contributed by atoms with Crippen molar-refractivity contribution in [3.05, 3.63) is 24.2 Å². The first-order valence-corrected chi connectivity index (χ1v) is 6.61. The van der Waals surface area contributed by atoms with Gasteiger partial charge < -0.3 is 14.8 Å². The van der Waals surface area contributed by atoms with Crippen molar-refractivity contribution in [2.45, 2.75) is 50.7 Å². The van der Waals surface area contributed by atoms with E-state index < -0.39 is 5.60 Å². The van der Waals surface area contributed by atoms with Crippen LogP contribution < -0.4 is 5.32 Å². The van der Waals surface area contributed by atoms with Crippen LogP contribution in [-0.2, 0) is 4.79 Å². The fraction of sp³-hybridized carbons (Fsp3) is 0.571. The van der Waals surface area contributed by atoms with E-state index in [1.54, 1.807) is 19.1 Å². The molecule has 1 unspecified atom stereocenters. The van der Waals surface area contributed by atoms with Gasteiger partial charge in [0.1, 0.15) is 5.60 Å². The highest BCUT2D eigenvalue weighted by atomic mass is 16.3. The van der Waals surface area contributed by atoms with E-state index in [1.165, 1.54) is 6.26 Å². The van der Waals surface area contributed by atoms with Crippen molar-refractivity contribution in [3.63, 3.8) is 0 Å². The Labute approximate surface area is 112 Å². The number of nitrogens with one attached hydrogen (secondary N) is 1. The predicted molar refractivity (Wildman–Crippen MR) is 68.7 cm³/mol. The lowest BCUT2D eigenvalue weighted by molar-refractivity contribution is -0.139. The highest BCUT2D eigenvalue weighted by molar-refractivity contribution is 5.94. The van der Waals surface area contributed by atoms with Crippen LogP contribution in [0.3, 0.4) is 0 Å². The van der Waals surface area contributed by atoms with Crippen LogP contribution in [0.15, 0.2) is 22.8 Å². The Morgan fingerprint density at radius 2 is 2.16 bits per heavy atom. The van der Waals surface area contributed by atoms with E-state index in [4.69, 9.17) is 4.42 Å². The Morgan fingerprint density at radius 1 is 1.47 bits per heavy atom. The summed E-state index contributed by atoms with van der Waals surface area (Å²) in [5, 5.41) is 12.8. The second-order valence-electron chi connectivity index (χ2n) is 5.22. The quantitative estimate of drug-likeness (QED) is 0.793. The molecule has 104 valence electrons. The molecule has 1 fully saturated rings. The van der Waals surface area contributed by atoms with Crippen LogP contribution in [0.4, 0.5) is 0 Å². The Kier molecular flexibility index (Phi) is 4.04. The second kappa shape index (κ2) is 5.57. The Balaban J connectivity index is 1.86. The van der Waals surface area contributed by atoms with Crippen molar-refractivity contribution >= 4 is 11.7 Å². The molecule has 1 atom stereocenters. The Hall–Kier alpha value is -1.62. The van der Waals surface area contributed by atoms with E-state index >= 15 is 0 Å². The third-order valence-corrected chi connectivity index (χ3v) is 3.52. The van der Waals surface area contributed by atoms with Crippen molar-refractivity contribution in [1.82, 2.24) is 5.32 Å². The van der Waals surface area contributed by atoms with E-state index in [1.807, 2.05) is 0 Å². The van der Waals surface area contributed by atoms with Crippen molar-refractivity contribution in [1.29, 1.82) is 0 Å². The fourth-order valence-electron chi connectivity index (χ4n) is 2.41. The molecule has 0 saturated heterocycles. The molecule has 0 aliphatic heterocycles. The summed E-state index contributed by atoms with van der Waals surface area (Å²) < 4.78 is 5.01. The molecule has 1 aromatic rings. The third-order valence-electron chi connectivity index (χ3n) is 3.52. The smallest absolute Gasteiger partial charge is 0.252 e. The lowest BCUT2D eigenvalue weighted by Crippen LogP contribution is -2.48. The molecule has 0 aromatic carbocycles. The maximum Gasteiger partial charge on any atom is 0.252 e. The molecule has 5 heteroatoms. The fourth-order valence-corrected chi connectivity index (χ4v) is 2.41. The molecule has 2 N–H and O–H groups in total. The van der Waals surface area contributed by atoms with Gasteiger partial charge in [0, 0.05) is 12.5 Å². The molecule has 0 bridgehead atoms. The van der Waals surface area contributed by atoms with Crippen LogP contribution in [0.1, 0.15) is 49.6 Å². The number of amides is 1. The van der Waals surface area contributed by atoms with Gasteiger partial charge in [0.2, 0.25) is 0 Å². The Bertz CT molecular complexity index is 446. The van der Waals surface area contributed by atoms with Crippen molar-refractivity contribution < 1.29 is 19.1 Å². The van der Waals surface area contributed by atoms with Crippen LogP contribution in [0.5, 0.6) is 0 Å². The summed E-state index contributed by atoms with van der Waals surface area (Å²) in [6.07, 6.45) is 4.33. The standard InChI is InChI=1S/C14H19NO4/c1-10(9-11(16)12-5-4-8-19-12)15-13(17)14(18)6-2-3-7-14/h4-5,8,10,18H,2-3,6-7,9H2,1H3,(H,15,17). The summed E-state index contributed by atoms with van der Waals surface area (Å²) >= 11 is 0. The zero-order valence-corrected chi connectivity index (χ0v) is 11.0. The molecule has 1 amide bonds. The van der Waals surface area contributed by atoms with Crippen LogP contribution in [-0.4, -0.2) is 28.4 Å². The number of furan rings is 1. The SMILES string of the molecule is CC(CC(=O)c1ccco1)NC(=O)C1(O)CCCC1. The van der Waals surface area contributed by atoms with Gasteiger partial charge in [-0.2, -0.15) is 0 Å². The van der Waals surface area contributed by atoms with E-state index in [0.29, 0.717) is 18.6 Å². The number of rotatable bonds is 5. The molecule has 0 spiro atoms. The molecule has 1 aliphatic rings. The number of aliphatic hydroxyl groups is 1. The van der Waals surface area contributed by atoms with Crippen LogP contribution in [0.2, 0.25) is 0 Å². The summed E-state index contributed by atoms with van der Waals surface area (Å²) in [7, 11) is 0. The number of carbonyl (C=O) groups is 2. The van der Waals surface area contributed by atoms with E-state index in [0.717, 1.165) is 12.8 Å². The van der Waals surface area contributed by atoms with Gasteiger partial charge in [0.15, 0.2) is 11.5 Å². The minimum absolute atomic E-state index is 0.156. The minimum atomic E-state index is -1.25. The molecule has 5 nitrogen and oxygen atoms in total. The van der Waals surface area contributed by atoms with E-state index in [-0.39, 0.29) is 24.2 Å². The molecule has 1 saturated carbocycles. The van der Waals surface area contributed by atoms with Gasteiger partial charge in [-0.1, -0.05) is 0 Å². The van der Waals surface area contributed by atoms with Gasteiger partial charge in [-0.05, 0) is 44.7 Å². The van der Waals surface area contributed by atoms with E-state index in [2.05, 4.69) is 5.32 Å². The average molecular weight is 265 g/mol. The van der Waals surface area contributed by atoms with Gasteiger partial charge >= 0.3 is 0 Å². The second-order valence-corrected chi connectivity index (χ2v) is 5.22. The lowest BCUT2D eigenvalue weighted by Gasteiger charge is -2.23. The number of carbonyl (C=O) groups excluding carboxylic acids is 2. The summed E-state index contributed by atoms with van der Waals surface area (Å²) in [6.45, 7) is 1.75. The van der Waals surface area contributed by atoms with Gasteiger partial charge in [-0.25, -0.2) is 0 Å². The number of Topliss-reactive ketones (excluding diaryl/α,β-unsaturated/α-hetero) is 1. The van der Waals surface area contributed by atoms with Crippen LogP contribution in [0, 0.1) is 0 Å². The van der Waals surface area contributed by atoms with Crippen LogP contribution >= 0.6 is 0 Å². The monoisotopic (exact) mass is 265 g/mol. The normalized spacial score (nSPS) is 19.1. The summed E-state index contributed by atoms with van der Waals surface area (Å²) in [4.78, 5) is 23.7. The zero-order chi connectivity index (χ0) is 13.9. The minimum Gasteiger partial charge on any atom is -0.461 e. The number of hydrogen-bond acceptors (Lipinski definition) is 4. The highest BCUT2D eigenvalue weighted by Crippen LogP contribution is 2.29.